The number of anilines is 2. The lowest BCUT2D eigenvalue weighted by atomic mass is 9.80. The Labute approximate surface area is 206 Å². The average Bonchev–Trinajstić information content (AvgIpc) is 3.07. The lowest BCUT2D eigenvalue weighted by Gasteiger charge is -2.28. The number of amides is 3. The summed E-state index contributed by atoms with van der Waals surface area (Å²) in [5, 5.41) is 1.89. The zero-order valence-electron chi connectivity index (χ0n) is 18.2. The number of ether oxygens (including phenoxy) is 2. The molecule has 1 saturated carbocycles. The lowest BCUT2D eigenvalue weighted by Crippen LogP contribution is -2.34. The van der Waals surface area contributed by atoms with E-state index in [2.05, 4.69) is 5.32 Å². The molecule has 10 heteroatoms. The topological polar surface area (TPSA) is 102 Å². The van der Waals surface area contributed by atoms with Crippen molar-refractivity contribution in [2.45, 2.75) is 23.6 Å². The van der Waals surface area contributed by atoms with E-state index in [-0.39, 0.29) is 28.1 Å². The van der Waals surface area contributed by atoms with Gasteiger partial charge in [0.1, 0.15) is 5.75 Å². The van der Waals surface area contributed by atoms with Gasteiger partial charge in [-0.3, -0.25) is 19.3 Å². The van der Waals surface area contributed by atoms with Crippen LogP contribution in [-0.2, 0) is 19.1 Å². The monoisotopic (exact) mass is 504 g/mol. The highest BCUT2D eigenvalue weighted by molar-refractivity contribution is 6.31. The number of esters is 1. The van der Waals surface area contributed by atoms with E-state index in [1.807, 2.05) is 0 Å². The molecule has 2 aliphatic rings. The Morgan fingerprint density at radius 1 is 0.971 bits per heavy atom. The molecule has 4 atom stereocenters. The van der Waals surface area contributed by atoms with Gasteiger partial charge in [-0.1, -0.05) is 12.1 Å². The molecular formula is C24H22Cl2N2O6. The van der Waals surface area contributed by atoms with Crippen molar-refractivity contribution >= 4 is 58.3 Å². The maximum atomic E-state index is 12.9. The quantitative estimate of drug-likeness (QED) is 0.366. The lowest BCUT2D eigenvalue weighted by molar-refractivity contribution is -0.122. The van der Waals surface area contributed by atoms with Crippen molar-refractivity contribution < 1.29 is 28.7 Å². The molecule has 0 radical (unpaired) electrons. The van der Waals surface area contributed by atoms with E-state index in [1.54, 1.807) is 24.3 Å². The first kappa shape index (κ1) is 24.0. The Balaban J connectivity index is 1.37. The molecule has 3 amide bonds. The van der Waals surface area contributed by atoms with Crippen molar-refractivity contribution in [3.63, 3.8) is 0 Å². The van der Waals surface area contributed by atoms with Gasteiger partial charge in [0, 0.05) is 0 Å². The SMILES string of the molecule is COc1ccccc1NC(=O)COC(=O)c1ccc(N2C(=O)[C@H]3C[C@H](Cl)[C@@H](Cl)C[C@H]3C2=O)cc1. The van der Waals surface area contributed by atoms with Gasteiger partial charge in [-0.25, -0.2) is 4.79 Å². The number of halogens is 2. The van der Waals surface area contributed by atoms with E-state index < -0.39 is 30.3 Å². The van der Waals surface area contributed by atoms with Crippen LogP contribution in [0.2, 0.25) is 0 Å². The van der Waals surface area contributed by atoms with E-state index in [1.165, 1.54) is 31.4 Å². The van der Waals surface area contributed by atoms with Gasteiger partial charge in [0.2, 0.25) is 11.8 Å². The zero-order valence-corrected chi connectivity index (χ0v) is 19.7. The van der Waals surface area contributed by atoms with Crippen molar-refractivity contribution in [2.75, 3.05) is 23.9 Å². The molecule has 1 heterocycles. The van der Waals surface area contributed by atoms with Crippen LogP contribution >= 0.6 is 23.2 Å². The van der Waals surface area contributed by atoms with Crippen molar-refractivity contribution in [3.8, 4) is 5.75 Å². The van der Waals surface area contributed by atoms with Crippen molar-refractivity contribution in [3.05, 3.63) is 54.1 Å². The van der Waals surface area contributed by atoms with Crippen LogP contribution in [0.5, 0.6) is 5.75 Å². The standard InChI is InChI=1S/C24H22Cl2N2O6/c1-33-20-5-3-2-4-19(20)27-21(29)12-34-24(32)13-6-8-14(9-7-13)28-22(30)15-10-17(25)18(26)11-16(15)23(28)31/h2-9,15-18H,10-12H2,1H3,(H,27,29)/t15-,16+,17-,18-/m0/s1. The maximum Gasteiger partial charge on any atom is 0.338 e. The number of carbonyl (C=O) groups is 4. The number of benzene rings is 2. The molecule has 4 rings (SSSR count). The van der Waals surface area contributed by atoms with Crippen LogP contribution in [0.4, 0.5) is 11.4 Å². The Bertz CT molecular complexity index is 1090. The van der Waals surface area contributed by atoms with Crippen LogP contribution in [0, 0.1) is 11.8 Å². The molecule has 0 aromatic heterocycles. The molecular weight excluding hydrogens is 483 g/mol. The molecule has 1 N–H and O–H groups in total. The fraction of sp³-hybridized carbons (Fsp3) is 0.333. The molecule has 8 nitrogen and oxygen atoms in total. The Morgan fingerprint density at radius 2 is 1.56 bits per heavy atom. The van der Waals surface area contributed by atoms with E-state index in [9.17, 15) is 19.2 Å². The van der Waals surface area contributed by atoms with Crippen molar-refractivity contribution in [1.29, 1.82) is 0 Å². The number of fused-ring (bicyclic) bond motifs is 1. The summed E-state index contributed by atoms with van der Waals surface area (Å²) < 4.78 is 10.2. The summed E-state index contributed by atoms with van der Waals surface area (Å²) in [6, 6.07) is 12.7. The van der Waals surface area contributed by atoms with Crippen LogP contribution in [0.15, 0.2) is 48.5 Å². The summed E-state index contributed by atoms with van der Waals surface area (Å²) in [6.07, 6.45) is 0.700. The number of alkyl halides is 2. The fourth-order valence-corrected chi connectivity index (χ4v) is 4.83. The highest BCUT2D eigenvalue weighted by Gasteiger charge is 2.52. The van der Waals surface area contributed by atoms with Crippen LogP contribution < -0.4 is 15.0 Å². The second-order valence-corrected chi connectivity index (χ2v) is 9.22. The molecule has 1 aliphatic heterocycles. The largest absolute Gasteiger partial charge is 0.495 e. The molecule has 0 unspecified atom stereocenters. The molecule has 2 aromatic rings. The van der Waals surface area contributed by atoms with Gasteiger partial charge >= 0.3 is 5.97 Å². The van der Waals surface area contributed by atoms with Gasteiger partial charge in [0.05, 0.1) is 46.6 Å². The first-order chi connectivity index (χ1) is 16.3. The molecule has 2 aromatic carbocycles. The van der Waals surface area contributed by atoms with E-state index in [4.69, 9.17) is 32.7 Å². The number of hydrogen-bond donors (Lipinski definition) is 1. The number of nitrogens with zero attached hydrogens (tertiary/aromatic N) is 1. The van der Waals surface area contributed by atoms with E-state index in [0.717, 1.165) is 4.90 Å². The second-order valence-electron chi connectivity index (χ2n) is 8.10. The Morgan fingerprint density at radius 3 is 2.15 bits per heavy atom. The third-order valence-electron chi connectivity index (χ3n) is 5.99. The fourth-order valence-electron chi connectivity index (χ4n) is 4.24. The van der Waals surface area contributed by atoms with Crippen molar-refractivity contribution in [1.82, 2.24) is 0 Å². The predicted octanol–water partition coefficient (Wildman–Crippen LogP) is 3.60. The second kappa shape index (κ2) is 10.0. The summed E-state index contributed by atoms with van der Waals surface area (Å²) >= 11 is 12.4. The number of hydrogen-bond acceptors (Lipinski definition) is 6. The molecule has 1 aliphatic carbocycles. The number of carbonyl (C=O) groups excluding carboxylic acids is 4. The maximum absolute atomic E-state index is 12.9. The summed E-state index contributed by atoms with van der Waals surface area (Å²) in [7, 11) is 1.48. The highest BCUT2D eigenvalue weighted by atomic mass is 35.5. The number of rotatable bonds is 6. The van der Waals surface area contributed by atoms with Crippen molar-refractivity contribution in [2.24, 2.45) is 11.8 Å². The molecule has 2 fully saturated rings. The van der Waals surface area contributed by atoms with Gasteiger partial charge in [-0.15, -0.1) is 23.2 Å². The Hall–Kier alpha value is -3.10. The minimum atomic E-state index is -0.718. The molecule has 34 heavy (non-hydrogen) atoms. The molecule has 178 valence electrons. The third kappa shape index (κ3) is 4.74. The summed E-state index contributed by atoms with van der Waals surface area (Å²) in [6.45, 7) is -0.496. The minimum Gasteiger partial charge on any atom is -0.495 e. The number of imide groups is 1. The summed E-state index contributed by atoms with van der Waals surface area (Å²) in [4.78, 5) is 51.3. The molecule has 1 saturated heterocycles. The molecule has 0 bridgehead atoms. The minimum absolute atomic E-state index is 0.173. The first-order valence-corrected chi connectivity index (χ1v) is 11.5. The van der Waals surface area contributed by atoms with Gasteiger partial charge in [-0.05, 0) is 49.2 Å². The number of methoxy groups -OCH3 is 1. The summed E-state index contributed by atoms with van der Waals surface area (Å²) in [5.74, 6) is -2.37. The van der Waals surface area contributed by atoms with Crippen LogP contribution in [-0.4, -0.2) is 48.2 Å². The van der Waals surface area contributed by atoms with Crippen LogP contribution in [0.1, 0.15) is 23.2 Å². The highest BCUT2D eigenvalue weighted by Crippen LogP contribution is 2.43. The third-order valence-corrected chi connectivity index (χ3v) is 7.08. The molecule has 0 spiro atoms. The van der Waals surface area contributed by atoms with Crippen LogP contribution in [0.3, 0.4) is 0 Å². The zero-order chi connectivity index (χ0) is 24.4. The number of para-hydroxylation sites is 2. The summed E-state index contributed by atoms with van der Waals surface area (Å²) in [5.41, 5.74) is 0.982. The predicted molar refractivity (Wildman–Crippen MR) is 126 cm³/mol. The van der Waals surface area contributed by atoms with E-state index in [0.29, 0.717) is 30.0 Å². The Kier molecular flexibility index (Phi) is 7.09. The normalized spacial score (nSPS) is 23.9. The first-order valence-electron chi connectivity index (χ1n) is 10.7. The van der Waals surface area contributed by atoms with Gasteiger partial charge in [0.25, 0.3) is 5.91 Å². The smallest absolute Gasteiger partial charge is 0.338 e. The van der Waals surface area contributed by atoms with E-state index >= 15 is 0 Å². The average molecular weight is 505 g/mol. The van der Waals surface area contributed by atoms with Crippen LogP contribution in [0.25, 0.3) is 0 Å². The van der Waals surface area contributed by atoms with Gasteiger partial charge in [-0.2, -0.15) is 0 Å². The van der Waals surface area contributed by atoms with Gasteiger partial charge in [0.15, 0.2) is 6.61 Å². The number of nitrogens with one attached hydrogen (secondary N) is 1. The van der Waals surface area contributed by atoms with Gasteiger partial charge < -0.3 is 14.8 Å².